The molecule has 1 aromatic carbocycles. The largest absolute Gasteiger partial charge is 0.381 e. The maximum absolute atomic E-state index is 12.5. The highest BCUT2D eigenvalue weighted by Crippen LogP contribution is 2.23. The molecule has 0 bridgehead atoms. The molecular formula is C20H20N4O3. The van der Waals surface area contributed by atoms with Crippen LogP contribution in [0.4, 0.5) is 5.69 Å². The summed E-state index contributed by atoms with van der Waals surface area (Å²) in [7, 11) is 0. The SMILES string of the molecule is O=C(Nc1ccccc1Cc1nc(-c2cccnc2)no1)C1CCOCC1. The number of rotatable bonds is 5. The summed E-state index contributed by atoms with van der Waals surface area (Å²) in [5, 5.41) is 7.06. The number of nitrogens with zero attached hydrogens (tertiary/aromatic N) is 3. The maximum Gasteiger partial charge on any atom is 0.231 e. The molecule has 0 saturated carbocycles. The molecule has 0 atom stereocenters. The molecule has 3 heterocycles. The molecule has 138 valence electrons. The summed E-state index contributed by atoms with van der Waals surface area (Å²) in [5.74, 6) is 1.02. The van der Waals surface area contributed by atoms with Crippen molar-refractivity contribution >= 4 is 11.6 Å². The van der Waals surface area contributed by atoms with Crippen LogP contribution in [0.15, 0.2) is 53.3 Å². The molecule has 0 spiro atoms. The van der Waals surface area contributed by atoms with E-state index in [2.05, 4.69) is 20.4 Å². The monoisotopic (exact) mass is 364 g/mol. The van der Waals surface area contributed by atoms with E-state index < -0.39 is 0 Å². The topological polar surface area (TPSA) is 90.1 Å². The van der Waals surface area contributed by atoms with Crippen LogP contribution in [0.3, 0.4) is 0 Å². The van der Waals surface area contributed by atoms with Crippen molar-refractivity contribution in [2.45, 2.75) is 19.3 Å². The quantitative estimate of drug-likeness (QED) is 0.748. The van der Waals surface area contributed by atoms with E-state index in [1.165, 1.54) is 0 Å². The number of pyridine rings is 1. The van der Waals surface area contributed by atoms with Crippen molar-refractivity contribution in [2.24, 2.45) is 5.92 Å². The fourth-order valence-electron chi connectivity index (χ4n) is 3.09. The molecule has 1 saturated heterocycles. The van der Waals surface area contributed by atoms with Crippen LogP contribution in [-0.2, 0) is 16.0 Å². The number of benzene rings is 1. The number of carbonyl (C=O) groups is 1. The van der Waals surface area contributed by atoms with E-state index in [1.54, 1.807) is 12.4 Å². The molecule has 1 aliphatic rings. The number of aromatic nitrogens is 3. The van der Waals surface area contributed by atoms with Gasteiger partial charge in [-0.15, -0.1) is 0 Å². The van der Waals surface area contributed by atoms with Crippen LogP contribution in [0.25, 0.3) is 11.4 Å². The number of amides is 1. The third-order valence-corrected chi connectivity index (χ3v) is 4.60. The summed E-state index contributed by atoms with van der Waals surface area (Å²) in [6.45, 7) is 1.28. The number of carbonyl (C=O) groups excluding carboxylic acids is 1. The van der Waals surface area contributed by atoms with Gasteiger partial charge in [-0.3, -0.25) is 9.78 Å². The number of ether oxygens (including phenoxy) is 1. The Kier molecular flexibility index (Phi) is 5.20. The van der Waals surface area contributed by atoms with Crippen molar-refractivity contribution in [1.29, 1.82) is 0 Å². The Bertz CT molecular complexity index is 904. The van der Waals surface area contributed by atoms with E-state index in [0.29, 0.717) is 31.3 Å². The molecule has 0 radical (unpaired) electrons. The molecule has 27 heavy (non-hydrogen) atoms. The van der Waals surface area contributed by atoms with Gasteiger partial charge >= 0.3 is 0 Å². The summed E-state index contributed by atoms with van der Waals surface area (Å²) < 4.78 is 10.7. The number of anilines is 1. The summed E-state index contributed by atoms with van der Waals surface area (Å²) in [6.07, 6.45) is 5.34. The Morgan fingerprint density at radius 1 is 1.15 bits per heavy atom. The highest BCUT2D eigenvalue weighted by atomic mass is 16.5. The number of para-hydroxylation sites is 1. The van der Waals surface area contributed by atoms with E-state index >= 15 is 0 Å². The fourth-order valence-corrected chi connectivity index (χ4v) is 3.09. The second-order valence-corrected chi connectivity index (χ2v) is 6.46. The highest BCUT2D eigenvalue weighted by molar-refractivity contribution is 5.93. The minimum atomic E-state index is -0.00704. The lowest BCUT2D eigenvalue weighted by atomic mass is 9.99. The van der Waals surface area contributed by atoms with Gasteiger partial charge in [0.15, 0.2) is 0 Å². The van der Waals surface area contributed by atoms with Crippen molar-refractivity contribution in [2.75, 3.05) is 18.5 Å². The first kappa shape index (κ1) is 17.4. The first-order valence-electron chi connectivity index (χ1n) is 8.99. The van der Waals surface area contributed by atoms with Gasteiger partial charge in [-0.05, 0) is 36.6 Å². The second-order valence-electron chi connectivity index (χ2n) is 6.46. The standard InChI is InChI=1S/C20H20N4O3/c25-20(14-7-10-26-11-8-14)22-17-6-2-1-4-15(17)12-18-23-19(24-27-18)16-5-3-9-21-13-16/h1-6,9,13-14H,7-8,10-12H2,(H,22,25). The van der Waals surface area contributed by atoms with Crippen LogP contribution in [-0.4, -0.2) is 34.2 Å². The zero-order valence-corrected chi connectivity index (χ0v) is 14.8. The average molecular weight is 364 g/mol. The van der Waals surface area contributed by atoms with Gasteiger partial charge in [0.1, 0.15) is 0 Å². The van der Waals surface area contributed by atoms with Gasteiger partial charge in [-0.2, -0.15) is 4.98 Å². The lowest BCUT2D eigenvalue weighted by molar-refractivity contribution is -0.122. The van der Waals surface area contributed by atoms with E-state index in [9.17, 15) is 4.79 Å². The third-order valence-electron chi connectivity index (χ3n) is 4.60. The van der Waals surface area contributed by atoms with Gasteiger partial charge in [0, 0.05) is 42.8 Å². The Morgan fingerprint density at radius 2 is 2.00 bits per heavy atom. The first-order valence-corrected chi connectivity index (χ1v) is 8.99. The lowest BCUT2D eigenvalue weighted by Crippen LogP contribution is -2.28. The van der Waals surface area contributed by atoms with Crippen LogP contribution in [0, 0.1) is 5.92 Å². The molecule has 7 nitrogen and oxygen atoms in total. The summed E-state index contributed by atoms with van der Waals surface area (Å²) in [4.78, 5) is 21.0. The van der Waals surface area contributed by atoms with Crippen LogP contribution < -0.4 is 5.32 Å². The average Bonchev–Trinajstić information content (AvgIpc) is 3.19. The van der Waals surface area contributed by atoms with E-state index in [1.807, 2.05) is 36.4 Å². The zero-order valence-electron chi connectivity index (χ0n) is 14.8. The molecule has 3 aromatic rings. The van der Waals surface area contributed by atoms with E-state index in [4.69, 9.17) is 9.26 Å². The summed E-state index contributed by atoms with van der Waals surface area (Å²) in [5.41, 5.74) is 2.50. The maximum atomic E-state index is 12.5. The lowest BCUT2D eigenvalue weighted by Gasteiger charge is -2.21. The van der Waals surface area contributed by atoms with Gasteiger partial charge in [-0.1, -0.05) is 23.4 Å². The molecule has 1 N–H and O–H groups in total. The fraction of sp³-hybridized carbons (Fsp3) is 0.300. The van der Waals surface area contributed by atoms with Crippen LogP contribution >= 0.6 is 0 Å². The Balaban J connectivity index is 1.48. The predicted octanol–water partition coefficient (Wildman–Crippen LogP) is 3.09. The Morgan fingerprint density at radius 3 is 2.81 bits per heavy atom. The van der Waals surface area contributed by atoms with Crippen molar-refractivity contribution in [3.63, 3.8) is 0 Å². The molecule has 7 heteroatoms. The minimum Gasteiger partial charge on any atom is -0.381 e. The van der Waals surface area contributed by atoms with Gasteiger partial charge < -0.3 is 14.6 Å². The van der Waals surface area contributed by atoms with Gasteiger partial charge in [-0.25, -0.2) is 0 Å². The van der Waals surface area contributed by atoms with Crippen LogP contribution in [0.5, 0.6) is 0 Å². The predicted molar refractivity (Wildman–Crippen MR) is 98.9 cm³/mol. The Hall–Kier alpha value is -3.06. The van der Waals surface area contributed by atoms with Gasteiger partial charge in [0.05, 0.1) is 6.42 Å². The van der Waals surface area contributed by atoms with E-state index in [0.717, 1.165) is 29.7 Å². The second kappa shape index (κ2) is 8.09. The molecule has 4 rings (SSSR count). The molecule has 1 amide bonds. The van der Waals surface area contributed by atoms with Crippen molar-refractivity contribution in [1.82, 2.24) is 15.1 Å². The summed E-state index contributed by atoms with van der Waals surface area (Å²) >= 11 is 0. The van der Waals surface area contributed by atoms with Crippen molar-refractivity contribution in [3.05, 3.63) is 60.2 Å². The third kappa shape index (κ3) is 4.20. The van der Waals surface area contributed by atoms with Crippen LogP contribution in [0.2, 0.25) is 0 Å². The first-order chi connectivity index (χ1) is 13.3. The molecular weight excluding hydrogens is 344 g/mol. The van der Waals surface area contributed by atoms with Gasteiger partial charge in [0.2, 0.25) is 17.6 Å². The number of hydrogen-bond acceptors (Lipinski definition) is 6. The minimum absolute atomic E-state index is 0.00704. The Labute approximate surface area is 156 Å². The number of nitrogens with one attached hydrogen (secondary N) is 1. The van der Waals surface area contributed by atoms with Crippen molar-refractivity contribution < 1.29 is 14.1 Å². The summed E-state index contributed by atoms with van der Waals surface area (Å²) in [6, 6.07) is 11.4. The molecule has 1 aliphatic heterocycles. The van der Waals surface area contributed by atoms with Crippen LogP contribution in [0.1, 0.15) is 24.3 Å². The van der Waals surface area contributed by atoms with E-state index in [-0.39, 0.29) is 11.8 Å². The molecule has 1 fully saturated rings. The zero-order chi connectivity index (χ0) is 18.5. The van der Waals surface area contributed by atoms with Crippen molar-refractivity contribution in [3.8, 4) is 11.4 Å². The normalized spacial score (nSPS) is 14.8. The molecule has 0 aliphatic carbocycles. The highest BCUT2D eigenvalue weighted by Gasteiger charge is 2.22. The molecule has 2 aromatic heterocycles. The van der Waals surface area contributed by atoms with Gasteiger partial charge in [0.25, 0.3) is 0 Å². The molecule has 0 unspecified atom stereocenters. The number of hydrogen-bond donors (Lipinski definition) is 1. The smallest absolute Gasteiger partial charge is 0.231 e.